The molecule has 1 amide bonds. The summed E-state index contributed by atoms with van der Waals surface area (Å²) in [6, 6.07) is 6.20. The molecule has 0 aromatic heterocycles. The predicted octanol–water partition coefficient (Wildman–Crippen LogP) is 3.21. The summed E-state index contributed by atoms with van der Waals surface area (Å²) in [7, 11) is 0. The van der Waals surface area contributed by atoms with Crippen molar-refractivity contribution in [3.63, 3.8) is 0 Å². The summed E-state index contributed by atoms with van der Waals surface area (Å²) in [4.78, 5) is 22.1. The highest BCUT2D eigenvalue weighted by Crippen LogP contribution is 2.29. The number of benzene rings is 1. The number of nitro groups is 1. The van der Waals surface area contributed by atoms with Gasteiger partial charge in [-0.3, -0.25) is 14.9 Å². The standard InChI is InChI=1S/C13H16N2O3S/c16-13(9-19-10-5-1-2-6-10)14-11-7-3-4-8-12(11)15(17)18/h3-4,7-8,10H,1-2,5-6,9H2,(H,14,16). The summed E-state index contributed by atoms with van der Waals surface area (Å²) in [5, 5.41) is 14.0. The van der Waals surface area contributed by atoms with Crippen LogP contribution in [0.3, 0.4) is 0 Å². The Labute approximate surface area is 115 Å². The van der Waals surface area contributed by atoms with Gasteiger partial charge in [0, 0.05) is 11.3 Å². The first-order chi connectivity index (χ1) is 9.16. The number of thioether (sulfide) groups is 1. The molecule has 6 heteroatoms. The van der Waals surface area contributed by atoms with Crippen LogP contribution >= 0.6 is 11.8 Å². The van der Waals surface area contributed by atoms with E-state index >= 15 is 0 Å². The van der Waals surface area contributed by atoms with Gasteiger partial charge in [0.1, 0.15) is 5.69 Å². The lowest BCUT2D eigenvalue weighted by atomic mass is 10.2. The van der Waals surface area contributed by atoms with Gasteiger partial charge in [-0.2, -0.15) is 0 Å². The summed E-state index contributed by atoms with van der Waals surface area (Å²) >= 11 is 1.64. The van der Waals surface area contributed by atoms with Crippen LogP contribution < -0.4 is 5.32 Å². The van der Waals surface area contributed by atoms with Crippen molar-refractivity contribution in [1.82, 2.24) is 0 Å². The molecule has 5 nitrogen and oxygen atoms in total. The molecule has 1 aromatic rings. The summed E-state index contributed by atoms with van der Waals surface area (Å²) in [6.07, 6.45) is 4.82. The number of rotatable bonds is 5. The van der Waals surface area contributed by atoms with Crippen molar-refractivity contribution in [1.29, 1.82) is 0 Å². The highest BCUT2D eigenvalue weighted by Gasteiger charge is 2.18. The zero-order valence-electron chi connectivity index (χ0n) is 10.5. The molecule has 0 saturated heterocycles. The molecule has 1 N–H and O–H groups in total. The van der Waals surface area contributed by atoms with Crippen molar-refractivity contribution in [2.24, 2.45) is 0 Å². The maximum Gasteiger partial charge on any atom is 0.292 e. The lowest BCUT2D eigenvalue weighted by Gasteiger charge is -2.09. The van der Waals surface area contributed by atoms with Crippen molar-refractivity contribution in [2.45, 2.75) is 30.9 Å². The van der Waals surface area contributed by atoms with E-state index < -0.39 is 4.92 Å². The normalized spacial score (nSPS) is 15.4. The molecule has 1 aliphatic carbocycles. The highest BCUT2D eigenvalue weighted by molar-refractivity contribution is 8.00. The van der Waals surface area contributed by atoms with Crippen LogP contribution in [-0.4, -0.2) is 21.8 Å². The fraction of sp³-hybridized carbons (Fsp3) is 0.462. The summed E-state index contributed by atoms with van der Waals surface area (Å²) < 4.78 is 0. The second-order valence-corrected chi connectivity index (χ2v) is 5.83. The second kappa shape index (κ2) is 6.56. The fourth-order valence-electron chi connectivity index (χ4n) is 2.17. The van der Waals surface area contributed by atoms with Crippen LogP contribution in [-0.2, 0) is 4.79 Å². The van der Waals surface area contributed by atoms with Gasteiger partial charge in [0.05, 0.1) is 10.7 Å². The molecule has 0 bridgehead atoms. The molecule has 0 unspecified atom stereocenters. The van der Waals surface area contributed by atoms with Crippen LogP contribution in [0.2, 0.25) is 0 Å². The zero-order chi connectivity index (χ0) is 13.7. The number of nitrogens with one attached hydrogen (secondary N) is 1. The average Bonchev–Trinajstić information content (AvgIpc) is 2.90. The number of nitro benzene ring substituents is 1. The van der Waals surface area contributed by atoms with Crippen LogP contribution in [0.25, 0.3) is 0 Å². The summed E-state index contributed by atoms with van der Waals surface area (Å²) in [5.41, 5.74) is 0.200. The third kappa shape index (κ3) is 3.96. The van der Waals surface area contributed by atoms with E-state index in [1.807, 2.05) is 0 Å². The first kappa shape index (κ1) is 13.9. The molecule has 1 saturated carbocycles. The minimum absolute atomic E-state index is 0.0679. The summed E-state index contributed by atoms with van der Waals surface area (Å²) in [5.74, 6) is 0.183. The Bertz CT molecular complexity index is 473. The van der Waals surface area contributed by atoms with Gasteiger partial charge in [0.15, 0.2) is 0 Å². The molecule has 1 aromatic carbocycles. The molecule has 1 fully saturated rings. The SMILES string of the molecule is O=C(CSC1CCCC1)Nc1ccccc1[N+](=O)[O-]. The van der Waals surface area contributed by atoms with E-state index in [4.69, 9.17) is 0 Å². The van der Waals surface area contributed by atoms with Crippen LogP contribution in [0.5, 0.6) is 0 Å². The molecule has 0 radical (unpaired) electrons. The van der Waals surface area contributed by atoms with Crippen LogP contribution in [0.15, 0.2) is 24.3 Å². The van der Waals surface area contributed by atoms with Crippen molar-refractivity contribution in [3.8, 4) is 0 Å². The number of amides is 1. The van der Waals surface area contributed by atoms with Gasteiger partial charge in [-0.05, 0) is 18.9 Å². The maximum atomic E-state index is 11.8. The Morgan fingerprint density at radius 2 is 2.05 bits per heavy atom. The van der Waals surface area contributed by atoms with Crippen LogP contribution in [0, 0.1) is 10.1 Å². The van der Waals surface area contributed by atoms with E-state index in [0.29, 0.717) is 11.0 Å². The molecular formula is C13H16N2O3S. The van der Waals surface area contributed by atoms with Gasteiger partial charge in [0.25, 0.3) is 5.69 Å². The van der Waals surface area contributed by atoms with E-state index in [-0.39, 0.29) is 17.3 Å². The topological polar surface area (TPSA) is 72.2 Å². The van der Waals surface area contributed by atoms with Crippen molar-refractivity contribution < 1.29 is 9.72 Å². The first-order valence-corrected chi connectivity index (χ1v) is 7.36. The van der Waals surface area contributed by atoms with Crippen molar-refractivity contribution in [3.05, 3.63) is 34.4 Å². The van der Waals surface area contributed by atoms with Crippen molar-refractivity contribution in [2.75, 3.05) is 11.1 Å². The number of hydrogen-bond donors (Lipinski definition) is 1. The Morgan fingerprint density at radius 3 is 2.74 bits per heavy atom. The lowest BCUT2D eigenvalue weighted by molar-refractivity contribution is -0.383. The Hall–Kier alpha value is -1.56. The lowest BCUT2D eigenvalue weighted by Crippen LogP contribution is -2.16. The largest absolute Gasteiger partial charge is 0.320 e. The first-order valence-electron chi connectivity index (χ1n) is 6.31. The number of anilines is 1. The average molecular weight is 280 g/mol. The summed E-state index contributed by atoms with van der Waals surface area (Å²) in [6.45, 7) is 0. The van der Waals surface area contributed by atoms with E-state index in [2.05, 4.69) is 5.32 Å². The number of para-hydroxylation sites is 2. The molecule has 0 atom stereocenters. The van der Waals surface area contributed by atoms with Crippen LogP contribution in [0.1, 0.15) is 25.7 Å². The molecule has 2 rings (SSSR count). The van der Waals surface area contributed by atoms with Gasteiger partial charge >= 0.3 is 0 Å². The number of nitrogens with zero attached hydrogens (tertiary/aromatic N) is 1. The van der Waals surface area contributed by atoms with Gasteiger partial charge in [-0.25, -0.2) is 0 Å². The minimum Gasteiger partial charge on any atom is -0.320 e. The van der Waals surface area contributed by atoms with Gasteiger partial charge in [0.2, 0.25) is 5.91 Å². The molecule has 0 aliphatic heterocycles. The van der Waals surface area contributed by atoms with E-state index in [0.717, 1.165) is 0 Å². The van der Waals surface area contributed by atoms with E-state index in [1.165, 1.54) is 31.7 Å². The van der Waals surface area contributed by atoms with Crippen LogP contribution in [0.4, 0.5) is 11.4 Å². The third-order valence-electron chi connectivity index (χ3n) is 3.13. The fourth-order valence-corrected chi connectivity index (χ4v) is 3.30. The number of carbonyl (C=O) groups excluding carboxylic acids is 1. The smallest absolute Gasteiger partial charge is 0.292 e. The van der Waals surface area contributed by atoms with Gasteiger partial charge in [-0.1, -0.05) is 25.0 Å². The maximum absolute atomic E-state index is 11.8. The molecule has 102 valence electrons. The van der Waals surface area contributed by atoms with Gasteiger partial charge < -0.3 is 5.32 Å². The number of carbonyl (C=O) groups is 1. The highest BCUT2D eigenvalue weighted by atomic mass is 32.2. The third-order valence-corrected chi connectivity index (χ3v) is 4.50. The quantitative estimate of drug-likeness (QED) is 0.664. The van der Waals surface area contributed by atoms with Gasteiger partial charge in [-0.15, -0.1) is 11.8 Å². The zero-order valence-corrected chi connectivity index (χ0v) is 11.3. The monoisotopic (exact) mass is 280 g/mol. The Balaban J connectivity index is 1.89. The molecule has 0 heterocycles. The minimum atomic E-state index is -0.486. The molecule has 19 heavy (non-hydrogen) atoms. The molecule has 1 aliphatic rings. The predicted molar refractivity (Wildman–Crippen MR) is 76.4 cm³/mol. The number of hydrogen-bond acceptors (Lipinski definition) is 4. The second-order valence-electron chi connectivity index (χ2n) is 4.54. The van der Waals surface area contributed by atoms with E-state index in [9.17, 15) is 14.9 Å². The Kier molecular flexibility index (Phi) is 4.79. The van der Waals surface area contributed by atoms with E-state index in [1.54, 1.807) is 30.0 Å². The molecular weight excluding hydrogens is 264 g/mol. The molecule has 0 spiro atoms. The Morgan fingerprint density at radius 1 is 1.37 bits per heavy atom. The van der Waals surface area contributed by atoms with Crippen molar-refractivity contribution >= 4 is 29.0 Å².